The molecule has 0 spiro atoms. The number of fused-ring (bicyclic) bond motifs is 2. The molecule has 0 atom stereocenters. The first-order chi connectivity index (χ1) is 17.0. The normalized spacial score (nSPS) is 11.1. The van der Waals surface area contributed by atoms with E-state index in [-0.39, 0.29) is 23.8 Å². The summed E-state index contributed by atoms with van der Waals surface area (Å²) in [6.45, 7) is 0. The Morgan fingerprint density at radius 3 is 2.74 bits per heavy atom. The van der Waals surface area contributed by atoms with Crippen LogP contribution in [0.2, 0.25) is 0 Å². The molecule has 0 aliphatic carbocycles. The van der Waals surface area contributed by atoms with E-state index in [4.69, 9.17) is 4.98 Å². The number of pyridine rings is 1. The molecule has 5 aromatic rings. The summed E-state index contributed by atoms with van der Waals surface area (Å²) in [5, 5.41) is 15.4. The number of halogens is 1. The Labute approximate surface area is 199 Å². The van der Waals surface area contributed by atoms with Gasteiger partial charge in [0.25, 0.3) is 5.69 Å². The first-order valence-electron chi connectivity index (χ1n) is 11.2. The summed E-state index contributed by atoms with van der Waals surface area (Å²) in [7, 11) is 0. The van der Waals surface area contributed by atoms with E-state index < -0.39 is 4.92 Å². The second-order valence-corrected chi connectivity index (χ2v) is 8.27. The highest BCUT2D eigenvalue weighted by atomic mass is 19.1. The maximum absolute atomic E-state index is 14.1. The maximum atomic E-state index is 14.1. The highest BCUT2D eigenvalue weighted by Gasteiger charge is 2.16. The molecular formula is C27H21FN4O3. The second kappa shape index (κ2) is 9.34. The predicted molar refractivity (Wildman–Crippen MR) is 134 cm³/mol. The number of H-pyrrole nitrogens is 1. The molecule has 0 aliphatic heterocycles. The summed E-state index contributed by atoms with van der Waals surface area (Å²) >= 11 is 0. The number of carbonyl (C=O) groups excluding carboxylic acids is 1. The van der Waals surface area contributed by atoms with Gasteiger partial charge in [0.05, 0.1) is 21.8 Å². The zero-order valence-corrected chi connectivity index (χ0v) is 18.6. The van der Waals surface area contributed by atoms with Gasteiger partial charge < -0.3 is 10.3 Å². The number of nitro groups is 1. The molecule has 0 saturated heterocycles. The van der Waals surface area contributed by atoms with Crippen molar-refractivity contribution in [2.24, 2.45) is 0 Å². The number of nitrogens with zero attached hydrogens (tertiary/aromatic N) is 2. The summed E-state index contributed by atoms with van der Waals surface area (Å²) < 4.78 is 14.1. The third kappa shape index (κ3) is 4.72. The SMILES string of the molecule is O=C(CCCc1c(-c2ccc3ccccc3n2)[nH]c2ccc(F)cc12)Nc1cccc([N+](=O)[O-])c1. The van der Waals surface area contributed by atoms with Crippen LogP contribution in [0.15, 0.2) is 78.9 Å². The Bertz CT molecular complexity index is 1580. The quantitative estimate of drug-likeness (QED) is 0.213. The van der Waals surface area contributed by atoms with Crippen LogP contribution in [-0.4, -0.2) is 20.8 Å². The molecule has 2 N–H and O–H groups in total. The molecule has 7 nitrogen and oxygen atoms in total. The van der Waals surface area contributed by atoms with Gasteiger partial charge in [0, 0.05) is 40.5 Å². The Kier molecular flexibility index (Phi) is 5.93. The monoisotopic (exact) mass is 468 g/mol. The number of carbonyl (C=O) groups is 1. The molecule has 2 aromatic heterocycles. The number of aryl methyl sites for hydroxylation is 1. The lowest BCUT2D eigenvalue weighted by molar-refractivity contribution is -0.384. The van der Waals surface area contributed by atoms with E-state index >= 15 is 0 Å². The van der Waals surface area contributed by atoms with Gasteiger partial charge in [0.1, 0.15) is 5.82 Å². The van der Waals surface area contributed by atoms with Crippen molar-refractivity contribution in [1.82, 2.24) is 9.97 Å². The number of nitrogens with one attached hydrogen (secondary N) is 2. The number of nitro benzene ring substituents is 1. The van der Waals surface area contributed by atoms with E-state index in [0.29, 0.717) is 18.5 Å². The van der Waals surface area contributed by atoms with Gasteiger partial charge in [-0.3, -0.25) is 14.9 Å². The van der Waals surface area contributed by atoms with Crippen LogP contribution in [0.25, 0.3) is 33.2 Å². The number of rotatable bonds is 7. The molecule has 0 fully saturated rings. The van der Waals surface area contributed by atoms with E-state index in [2.05, 4.69) is 10.3 Å². The average Bonchev–Trinajstić information content (AvgIpc) is 3.21. The predicted octanol–water partition coefficient (Wildman–Crippen LogP) is 6.39. The molecule has 8 heteroatoms. The van der Waals surface area contributed by atoms with Crippen LogP contribution in [-0.2, 0) is 11.2 Å². The molecule has 35 heavy (non-hydrogen) atoms. The number of hydrogen-bond acceptors (Lipinski definition) is 4. The van der Waals surface area contributed by atoms with Gasteiger partial charge in [-0.2, -0.15) is 0 Å². The van der Waals surface area contributed by atoms with Crippen LogP contribution in [0, 0.1) is 15.9 Å². The Balaban J connectivity index is 1.38. The topological polar surface area (TPSA) is 101 Å². The minimum atomic E-state index is -0.506. The fraction of sp³-hybridized carbons (Fsp3) is 0.111. The van der Waals surface area contributed by atoms with Crippen LogP contribution < -0.4 is 5.32 Å². The van der Waals surface area contributed by atoms with Crippen molar-refractivity contribution >= 4 is 39.1 Å². The number of aromatic nitrogens is 2. The van der Waals surface area contributed by atoms with Gasteiger partial charge in [0.2, 0.25) is 5.91 Å². The van der Waals surface area contributed by atoms with Crippen molar-refractivity contribution in [2.45, 2.75) is 19.3 Å². The minimum Gasteiger partial charge on any atom is -0.353 e. The molecule has 0 bridgehead atoms. The van der Waals surface area contributed by atoms with Gasteiger partial charge in [-0.15, -0.1) is 0 Å². The summed E-state index contributed by atoms with van der Waals surface area (Å²) in [6, 6.07) is 22.2. The summed E-state index contributed by atoms with van der Waals surface area (Å²) in [5.41, 5.74) is 4.39. The van der Waals surface area contributed by atoms with Crippen molar-refractivity contribution in [3.63, 3.8) is 0 Å². The zero-order chi connectivity index (χ0) is 24.4. The van der Waals surface area contributed by atoms with E-state index in [1.54, 1.807) is 12.1 Å². The largest absolute Gasteiger partial charge is 0.353 e. The molecule has 0 radical (unpaired) electrons. The average molecular weight is 468 g/mol. The summed E-state index contributed by atoms with van der Waals surface area (Å²) in [5.74, 6) is -0.582. The second-order valence-electron chi connectivity index (χ2n) is 8.27. The fourth-order valence-electron chi connectivity index (χ4n) is 4.25. The number of amides is 1. The van der Waals surface area contributed by atoms with Crippen molar-refractivity contribution in [3.05, 3.63) is 100 Å². The smallest absolute Gasteiger partial charge is 0.271 e. The van der Waals surface area contributed by atoms with Crippen LogP contribution in [0.1, 0.15) is 18.4 Å². The van der Waals surface area contributed by atoms with Gasteiger partial charge in [-0.05, 0) is 54.8 Å². The van der Waals surface area contributed by atoms with Crippen LogP contribution in [0.5, 0.6) is 0 Å². The highest BCUT2D eigenvalue weighted by Crippen LogP contribution is 2.32. The maximum Gasteiger partial charge on any atom is 0.271 e. The van der Waals surface area contributed by atoms with Gasteiger partial charge in [-0.1, -0.05) is 30.3 Å². The van der Waals surface area contributed by atoms with Crippen LogP contribution in [0.3, 0.4) is 0 Å². The fourth-order valence-corrected chi connectivity index (χ4v) is 4.25. The van der Waals surface area contributed by atoms with Crippen molar-refractivity contribution in [1.29, 1.82) is 0 Å². The molecule has 0 saturated carbocycles. The number of hydrogen-bond donors (Lipinski definition) is 2. The summed E-state index contributed by atoms with van der Waals surface area (Å²) in [6.07, 6.45) is 1.23. The van der Waals surface area contributed by atoms with E-state index in [0.717, 1.165) is 38.8 Å². The molecule has 2 heterocycles. The molecule has 174 valence electrons. The Morgan fingerprint density at radius 2 is 1.89 bits per heavy atom. The van der Waals surface area contributed by atoms with Crippen molar-refractivity contribution < 1.29 is 14.1 Å². The number of aromatic amines is 1. The lowest BCUT2D eigenvalue weighted by Crippen LogP contribution is -2.11. The number of anilines is 1. The van der Waals surface area contributed by atoms with Gasteiger partial charge in [0.15, 0.2) is 0 Å². The lowest BCUT2D eigenvalue weighted by atomic mass is 10.0. The third-order valence-electron chi connectivity index (χ3n) is 5.89. The van der Waals surface area contributed by atoms with Crippen LogP contribution in [0.4, 0.5) is 15.8 Å². The standard InChI is InChI=1S/C27H21FN4O3/c28-18-12-14-24-22(15-18)21(27(31-24)25-13-11-17-5-1-2-9-23(17)30-25)8-4-10-26(33)29-19-6-3-7-20(16-19)32(34)35/h1-3,5-7,9,11-16,31H,4,8,10H2,(H,29,33). The molecular weight excluding hydrogens is 447 g/mol. The number of benzene rings is 3. The van der Waals surface area contributed by atoms with E-state index in [9.17, 15) is 19.3 Å². The number of para-hydroxylation sites is 1. The van der Waals surface area contributed by atoms with E-state index in [1.807, 2.05) is 36.4 Å². The minimum absolute atomic E-state index is 0.0869. The van der Waals surface area contributed by atoms with Crippen molar-refractivity contribution in [2.75, 3.05) is 5.32 Å². The van der Waals surface area contributed by atoms with E-state index in [1.165, 1.54) is 30.3 Å². The molecule has 0 unspecified atom stereocenters. The Morgan fingerprint density at radius 1 is 1.03 bits per heavy atom. The molecule has 3 aromatic carbocycles. The zero-order valence-electron chi connectivity index (χ0n) is 18.6. The summed E-state index contributed by atoms with van der Waals surface area (Å²) in [4.78, 5) is 31.1. The van der Waals surface area contributed by atoms with Crippen LogP contribution >= 0.6 is 0 Å². The highest BCUT2D eigenvalue weighted by molar-refractivity contribution is 5.92. The first kappa shape index (κ1) is 22.2. The number of non-ortho nitro benzene ring substituents is 1. The lowest BCUT2D eigenvalue weighted by Gasteiger charge is -2.08. The van der Waals surface area contributed by atoms with Gasteiger partial charge in [-0.25, -0.2) is 9.37 Å². The molecule has 1 amide bonds. The van der Waals surface area contributed by atoms with Gasteiger partial charge >= 0.3 is 0 Å². The van der Waals surface area contributed by atoms with Crippen molar-refractivity contribution in [3.8, 4) is 11.4 Å². The Hall–Kier alpha value is -4.59. The third-order valence-corrected chi connectivity index (χ3v) is 5.89. The first-order valence-corrected chi connectivity index (χ1v) is 11.2. The molecule has 0 aliphatic rings. The molecule has 5 rings (SSSR count).